The molecule has 0 aliphatic rings. The summed E-state index contributed by atoms with van der Waals surface area (Å²) < 4.78 is 6.94. The third-order valence-electron chi connectivity index (χ3n) is 3.40. The third-order valence-corrected chi connectivity index (χ3v) is 3.40. The van der Waals surface area contributed by atoms with E-state index in [1.165, 1.54) is 0 Å². The summed E-state index contributed by atoms with van der Waals surface area (Å²) in [7, 11) is 0. The molecule has 0 saturated carbocycles. The molecule has 1 atom stereocenters. The molecule has 0 bridgehead atoms. The Morgan fingerprint density at radius 1 is 1.41 bits per heavy atom. The number of nitrogens with one attached hydrogen (secondary N) is 1. The molecule has 1 aromatic heterocycles. The van der Waals surface area contributed by atoms with Gasteiger partial charge in [0.25, 0.3) is 0 Å². The highest BCUT2D eigenvalue weighted by Gasteiger charge is 2.19. The molecule has 7 nitrogen and oxygen atoms in total. The number of hydrogen-bond donors (Lipinski definition) is 2. The van der Waals surface area contributed by atoms with Gasteiger partial charge >= 0.3 is 0 Å². The number of anilines is 1. The average Bonchev–Trinajstić information content (AvgIpc) is 2.89. The van der Waals surface area contributed by atoms with E-state index in [0.29, 0.717) is 24.5 Å². The van der Waals surface area contributed by atoms with E-state index in [2.05, 4.69) is 15.6 Å². The summed E-state index contributed by atoms with van der Waals surface area (Å²) in [5, 5.41) is 10.8. The molecule has 22 heavy (non-hydrogen) atoms. The van der Waals surface area contributed by atoms with Crippen LogP contribution in [0.4, 0.5) is 5.69 Å². The number of nitrogens with zero attached hydrogens (tertiary/aromatic N) is 3. The number of nitrogens with two attached hydrogens (primary N) is 1. The summed E-state index contributed by atoms with van der Waals surface area (Å²) in [4.78, 5) is 12.3. The van der Waals surface area contributed by atoms with E-state index in [1.54, 1.807) is 23.7 Å². The van der Waals surface area contributed by atoms with Crippen molar-refractivity contribution in [3.8, 4) is 5.75 Å². The van der Waals surface area contributed by atoms with Crippen molar-refractivity contribution in [1.29, 1.82) is 0 Å². The number of carbonyl (C=O) groups is 1. The lowest BCUT2D eigenvalue weighted by Crippen LogP contribution is -2.25. The zero-order chi connectivity index (χ0) is 16.1. The molecule has 0 spiro atoms. The summed E-state index contributed by atoms with van der Waals surface area (Å²) in [6, 6.07) is 6.76. The van der Waals surface area contributed by atoms with Gasteiger partial charge in [0.1, 0.15) is 11.8 Å². The fraction of sp³-hybridized carbons (Fsp3) is 0.400. The van der Waals surface area contributed by atoms with Crippen molar-refractivity contribution in [2.24, 2.45) is 5.73 Å². The highest BCUT2D eigenvalue weighted by molar-refractivity contribution is 5.93. The van der Waals surface area contributed by atoms with E-state index in [4.69, 9.17) is 10.5 Å². The number of hydrogen-bond acceptors (Lipinski definition) is 5. The maximum Gasteiger partial charge on any atom is 0.249 e. The first kappa shape index (κ1) is 16.0. The lowest BCUT2D eigenvalue weighted by atomic mass is 10.2. The van der Waals surface area contributed by atoms with Crippen LogP contribution >= 0.6 is 0 Å². The number of aromatic nitrogens is 3. The highest BCUT2D eigenvalue weighted by atomic mass is 16.5. The second-order valence-corrected chi connectivity index (χ2v) is 4.89. The molecule has 0 fully saturated rings. The van der Waals surface area contributed by atoms with Gasteiger partial charge in [-0.3, -0.25) is 4.79 Å². The van der Waals surface area contributed by atoms with Crippen LogP contribution in [-0.4, -0.2) is 27.5 Å². The summed E-state index contributed by atoms with van der Waals surface area (Å²) in [5.41, 5.74) is 7.78. The van der Waals surface area contributed by atoms with E-state index in [-0.39, 0.29) is 5.91 Å². The van der Waals surface area contributed by atoms with Crippen molar-refractivity contribution in [2.75, 3.05) is 11.9 Å². The first-order valence-electron chi connectivity index (χ1n) is 7.21. The fourth-order valence-electron chi connectivity index (χ4n) is 2.09. The molecule has 1 amide bonds. The monoisotopic (exact) mass is 303 g/mol. The molecule has 7 heteroatoms. The predicted octanol–water partition coefficient (Wildman–Crippen LogP) is 1.64. The van der Waals surface area contributed by atoms with Crippen LogP contribution in [0.2, 0.25) is 0 Å². The summed E-state index contributed by atoms with van der Waals surface area (Å²) in [6.07, 6.45) is 0. The Labute approximate surface area is 129 Å². The molecule has 2 aromatic rings. The molecule has 1 aromatic carbocycles. The Kier molecular flexibility index (Phi) is 5.11. The van der Waals surface area contributed by atoms with Crippen LogP contribution in [0.1, 0.15) is 31.3 Å². The lowest BCUT2D eigenvalue weighted by molar-refractivity contribution is -0.119. The number of ether oxygens (including phenoxy) is 1. The van der Waals surface area contributed by atoms with E-state index in [9.17, 15) is 4.79 Å². The Hall–Kier alpha value is -2.41. The maximum atomic E-state index is 12.3. The van der Waals surface area contributed by atoms with Crippen LogP contribution in [0, 0.1) is 6.92 Å². The topological polar surface area (TPSA) is 95.1 Å². The van der Waals surface area contributed by atoms with Gasteiger partial charge in [-0.1, -0.05) is 5.21 Å². The van der Waals surface area contributed by atoms with Gasteiger partial charge in [-0.25, -0.2) is 4.68 Å². The Bertz CT molecular complexity index is 636. The Balaban J connectivity index is 2.06. The molecule has 1 heterocycles. The van der Waals surface area contributed by atoms with Crippen molar-refractivity contribution in [3.05, 3.63) is 35.7 Å². The second-order valence-electron chi connectivity index (χ2n) is 4.89. The average molecular weight is 303 g/mol. The standard InChI is InChI=1S/C15H21N5O2/c1-4-22-13-7-5-12(6-8-13)17-15(21)11(3)20-10(2)14(9-16)18-19-20/h5-8,11H,4,9,16H2,1-3H3,(H,17,21). The molecular weight excluding hydrogens is 282 g/mol. The Morgan fingerprint density at radius 2 is 2.09 bits per heavy atom. The molecule has 1 unspecified atom stereocenters. The zero-order valence-corrected chi connectivity index (χ0v) is 13.0. The number of rotatable bonds is 6. The molecule has 118 valence electrons. The molecule has 0 aliphatic carbocycles. The normalized spacial score (nSPS) is 12.0. The number of amides is 1. The van der Waals surface area contributed by atoms with Crippen molar-refractivity contribution >= 4 is 11.6 Å². The molecule has 2 rings (SSSR count). The van der Waals surface area contributed by atoms with Crippen LogP contribution in [0.3, 0.4) is 0 Å². The minimum Gasteiger partial charge on any atom is -0.494 e. The minimum absolute atomic E-state index is 0.166. The van der Waals surface area contributed by atoms with Crippen LogP contribution in [0.5, 0.6) is 5.75 Å². The van der Waals surface area contributed by atoms with E-state index in [1.807, 2.05) is 26.0 Å². The third kappa shape index (κ3) is 3.43. The van der Waals surface area contributed by atoms with Crippen molar-refractivity contribution in [1.82, 2.24) is 15.0 Å². The first-order valence-corrected chi connectivity index (χ1v) is 7.21. The predicted molar refractivity (Wildman–Crippen MR) is 83.6 cm³/mol. The van der Waals surface area contributed by atoms with E-state index in [0.717, 1.165) is 11.4 Å². The Morgan fingerprint density at radius 3 is 2.64 bits per heavy atom. The van der Waals surface area contributed by atoms with E-state index < -0.39 is 6.04 Å². The SMILES string of the molecule is CCOc1ccc(NC(=O)C(C)n2nnc(CN)c2C)cc1. The second kappa shape index (κ2) is 7.04. The maximum absolute atomic E-state index is 12.3. The van der Waals surface area contributed by atoms with Gasteiger partial charge in [-0.15, -0.1) is 5.10 Å². The van der Waals surface area contributed by atoms with E-state index >= 15 is 0 Å². The van der Waals surface area contributed by atoms with Crippen molar-refractivity contribution < 1.29 is 9.53 Å². The van der Waals surface area contributed by atoms with Crippen LogP contribution in [0.15, 0.2) is 24.3 Å². The van der Waals surface area contributed by atoms with Crippen LogP contribution in [-0.2, 0) is 11.3 Å². The lowest BCUT2D eigenvalue weighted by Gasteiger charge is -2.14. The highest BCUT2D eigenvalue weighted by Crippen LogP contribution is 2.18. The summed E-state index contributed by atoms with van der Waals surface area (Å²) in [6.45, 7) is 6.46. The molecule has 3 N–H and O–H groups in total. The van der Waals surface area contributed by atoms with Gasteiger partial charge in [-0.2, -0.15) is 0 Å². The zero-order valence-electron chi connectivity index (χ0n) is 13.0. The quantitative estimate of drug-likeness (QED) is 0.846. The molecule has 0 saturated heterocycles. The molecule has 0 aliphatic heterocycles. The first-order chi connectivity index (χ1) is 10.6. The van der Waals surface area contributed by atoms with Gasteiger partial charge < -0.3 is 15.8 Å². The van der Waals surface area contributed by atoms with Crippen LogP contribution < -0.4 is 15.8 Å². The van der Waals surface area contributed by atoms with Gasteiger partial charge in [0, 0.05) is 12.2 Å². The molecular formula is C15H21N5O2. The van der Waals surface area contributed by atoms with Crippen LogP contribution in [0.25, 0.3) is 0 Å². The van der Waals surface area contributed by atoms with Crippen molar-refractivity contribution in [2.45, 2.75) is 33.4 Å². The van der Waals surface area contributed by atoms with Gasteiger partial charge in [0.15, 0.2) is 0 Å². The largest absolute Gasteiger partial charge is 0.494 e. The summed E-state index contributed by atoms with van der Waals surface area (Å²) >= 11 is 0. The summed E-state index contributed by atoms with van der Waals surface area (Å²) in [5.74, 6) is 0.606. The number of carbonyl (C=O) groups excluding carboxylic acids is 1. The van der Waals surface area contributed by atoms with Gasteiger partial charge in [-0.05, 0) is 45.0 Å². The fourth-order valence-corrected chi connectivity index (χ4v) is 2.09. The number of benzene rings is 1. The molecule has 0 radical (unpaired) electrons. The van der Waals surface area contributed by atoms with Gasteiger partial charge in [0.05, 0.1) is 18.0 Å². The minimum atomic E-state index is -0.473. The van der Waals surface area contributed by atoms with Gasteiger partial charge in [0.2, 0.25) is 5.91 Å². The van der Waals surface area contributed by atoms with Crippen molar-refractivity contribution in [3.63, 3.8) is 0 Å². The smallest absolute Gasteiger partial charge is 0.249 e.